The number of nitrogens with one attached hydrogen (secondary N) is 2. The first-order valence-corrected chi connectivity index (χ1v) is 9.86. The van der Waals surface area contributed by atoms with Crippen molar-refractivity contribution >= 4 is 57.6 Å². The molecule has 0 aromatic heterocycles. The third-order valence-corrected chi connectivity index (χ3v) is 4.38. The predicted octanol–water partition coefficient (Wildman–Crippen LogP) is 4.80. The second-order valence-electron chi connectivity index (χ2n) is 5.56. The van der Waals surface area contributed by atoms with Crippen LogP contribution in [0.3, 0.4) is 0 Å². The van der Waals surface area contributed by atoms with E-state index in [1.807, 2.05) is 42.5 Å². The summed E-state index contributed by atoms with van der Waals surface area (Å²) in [6, 6.07) is 13.5. The van der Waals surface area contributed by atoms with Crippen molar-refractivity contribution in [1.82, 2.24) is 0 Å². The molecule has 2 rings (SSSR count). The molecule has 0 amide bonds. The van der Waals surface area contributed by atoms with Gasteiger partial charge >= 0.3 is 0 Å². The molecule has 0 aliphatic heterocycles. The van der Waals surface area contributed by atoms with E-state index in [9.17, 15) is 0 Å². The summed E-state index contributed by atoms with van der Waals surface area (Å²) in [7, 11) is 3.19. The van der Waals surface area contributed by atoms with E-state index in [0.717, 1.165) is 30.2 Å². The van der Waals surface area contributed by atoms with Crippen molar-refractivity contribution in [3.8, 4) is 11.5 Å². The average Bonchev–Trinajstić information content (AvgIpc) is 2.68. The highest BCUT2D eigenvalue weighted by Crippen LogP contribution is 2.29. The lowest BCUT2D eigenvalue weighted by Crippen LogP contribution is -2.27. The Morgan fingerprint density at radius 1 is 0.889 bits per heavy atom. The normalized spacial score (nSPS) is 10.2. The largest absolute Gasteiger partial charge is 0.493 e. The van der Waals surface area contributed by atoms with Gasteiger partial charge in [-0.15, -0.1) is 23.2 Å². The number of ether oxygens (including phenoxy) is 2. The molecule has 27 heavy (non-hydrogen) atoms. The summed E-state index contributed by atoms with van der Waals surface area (Å²) in [5, 5.41) is 6.78. The molecule has 0 aliphatic carbocycles. The Hall–Kier alpha value is -1.89. The molecule has 0 heterocycles. The zero-order valence-corrected chi connectivity index (χ0v) is 17.6. The molecule has 0 fully saturated rings. The average molecular weight is 428 g/mol. The van der Waals surface area contributed by atoms with Gasteiger partial charge < -0.3 is 25.0 Å². The van der Waals surface area contributed by atoms with Crippen LogP contribution < -0.4 is 25.0 Å². The highest BCUT2D eigenvalue weighted by atomic mass is 35.5. The van der Waals surface area contributed by atoms with Gasteiger partial charge in [0.1, 0.15) is 0 Å². The van der Waals surface area contributed by atoms with E-state index >= 15 is 0 Å². The van der Waals surface area contributed by atoms with Gasteiger partial charge in [0.25, 0.3) is 0 Å². The number of methoxy groups -OCH3 is 2. The zero-order chi connectivity index (χ0) is 19.6. The van der Waals surface area contributed by atoms with Gasteiger partial charge in [-0.25, -0.2) is 0 Å². The van der Waals surface area contributed by atoms with Gasteiger partial charge in [-0.3, -0.25) is 0 Å². The summed E-state index contributed by atoms with van der Waals surface area (Å²) >= 11 is 17.1. The van der Waals surface area contributed by atoms with Crippen LogP contribution in [0, 0.1) is 0 Å². The number of thiocarbonyl (C=S) groups is 1. The van der Waals surface area contributed by atoms with Crippen LogP contribution >= 0.6 is 35.4 Å². The molecule has 2 aromatic carbocycles. The van der Waals surface area contributed by atoms with Crippen molar-refractivity contribution in [2.45, 2.75) is 0 Å². The van der Waals surface area contributed by atoms with Crippen LogP contribution in [0.1, 0.15) is 0 Å². The molecule has 0 unspecified atom stereocenters. The molecule has 0 bridgehead atoms. The van der Waals surface area contributed by atoms with E-state index in [0.29, 0.717) is 28.4 Å². The van der Waals surface area contributed by atoms with Crippen LogP contribution in [-0.2, 0) is 0 Å². The summed E-state index contributed by atoms with van der Waals surface area (Å²) < 4.78 is 10.5. The molecule has 8 heteroatoms. The van der Waals surface area contributed by atoms with Gasteiger partial charge in [-0.05, 0) is 48.6 Å². The van der Waals surface area contributed by atoms with E-state index in [4.69, 9.17) is 44.9 Å². The van der Waals surface area contributed by atoms with Gasteiger partial charge in [0.05, 0.1) is 14.2 Å². The Balaban J connectivity index is 1.99. The molecular weight excluding hydrogens is 405 g/mol. The second kappa shape index (κ2) is 11.1. The Morgan fingerprint density at radius 2 is 1.44 bits per heavy atom. The van der Waals surface area contributed by atoms with Crippen molar-refractivity contribution < 1.29 is 9.47 Å². The zero-order valence-electron chi connectivity index (χ0n) is 15.3. The van der Waals surface area contributed by atoms with Crippen molar-refractivity contribution in [3.05, 3.63) is 42.5 Å². The highest BCUT2D eigenvalue weighted by Gasteiger charge is 2.07. The summed E-state index contributed by atoms with van der Waals surface area (Å²) in [4.78, 5) is 2.14. The lowest BCUT2D eigenvalue weighted by atomic mass is 10.2. The van der Waals surface area contributed by atoms with Gasteiger partial charge in [-0.2, -0.15) is 0 Å². The van der Waals surface area contributed by atoms with Crippen molar-refractivity contribution in [1.29, 1.82) is 0 Å². The summed E-state index contributed by atoms with van der Waals surface area (Å²) in [6.07, 6.45) is 0. The molecule has 5 nitrogen and oxygen atoms in total. The van der Waals surface area contributed by atoms with Gasteiger partial charge in [0.2, 0.25) is 0 Å². The van der Waals surface area contributed by atoms with E-state index < -0.39 is 0 Å². The number of hydrogen-bond donors (Lipinski definition) is 2. The molecule has 0 radical (unpaired) electrons. The molecule has 0 atom stereocenters. The fourth-order valence-corrected chi connectivity index (χ4v) is 3.18. The maximum Gasteiger partial charge on any atom is 0.175 e. The van der Waals surface area contributed by atoms with E-state index in [2.05, 4.69) is 15.5 Å². The smallest absolute Gasteiger partial charge is 0.175 e. The monoisotopic (exact) mass is 427 g/mol. The number of alkyl halides is 2. The maximum atomic E-state index is 5.86. The number of halogens is 2. The van der Waals surface area contributed by atoms with Crippen LogP contribution in [-0.4, -0.2) is 44.2 Å². The van der Waals surface area contributed by atoms with E-state index in [1.54, 1.807) is 14.2 Å². The molecule has 0 aliphatic rings. The van der Waals surface area contributed by atoms with E-state index in [1.165, 1.54) is 0 Å². The van der Waals surface area contributed by atoms with Crippen LogP contribution in [0.5, 0.6) is 11.5 Å². The molecule has 0 saturated carbocycles. The number of rotatable bonds is 9. The number of nitrogens with zero attached hydrogens (tertiary/aromatic N) is 1. The van der Waals surface area contributed by atoms with Gasteiger partial charge in [0, 0.05) is 48.0 Å². The molecule has 2 N–H and O–H groups in total. The summed E-state index contributed by atoms with van der Waals surface area (Å²) in [5.41, 5.74) is 2.76. The number of benzene rings is 2. The maximum absolute atomic E-state index is 5.86. The van der Waals surface area contributed by atoms with Crippen LogP contribution in [0.4, 0.5) is 17.1 Å². The molecule has 146 valence electrons. The third kappa shape index (κ3) is 6.34. The quantitative estimate of drug-likeness (QED) is 0.442. The molecule has 0 spiro atoms. The molecule has 2 aromatic rings. The van der Waals surface area contributed by atoms with E-state index in [-0.39, 0.29) is 0 Å². The fourth-order valence-electron chi connectivity index (χ4n) is 2.54. The van der Waals surface area contributed by atoms with Gasteiger partial charge in [0.15, 0.2) is 16.6 Å². The number of anilines is 3. The fraction of sp³-hybridized carbons (Fsp3) is 0.316. The first-order chi connectivity index (χ1) is 13.1. The third-order valence-electron chi connectivity index (χ3n) is 3.84. The summed E-state index contributed by atoms with van der Waals surface area (Å²) in [6.45, 7) is 1.50. The lowest BCUT2D eigenvalue weighted by Gasteiger charge is -2.23. The topological polar surface area (TPSA) is 45.8 Å². The highest BCUT2D eigenvalue weighted by molar-refractivity contribution is 7.80. The lowest BCUT2D eigenvalue weighted by molar-refractivity contribution is 0.355. The Morgan fingerprint density at radius 3 is 2.00 bits per heavy atom. The SMILES string of the molecule is COc1ccc(NC(=S)Nc2ccc(N(CCCl)CCCl)cc2)cc1OC. The van der Waals surface area contributed by atoms with Crippen LogP contribution in [0.15, 0.2) is 42.5 Å². The Bertz CT molecular complexity index is 738. The standard InChI is InChI=1S/C19H23Cl2N3O2S/c1-25-17-8-5-15(13-18(17)26-2)23-19(27)22-14-3-6-16(7-4-14)24(11-9-20)12-10-21/h3-8,13H,9-12H2,1-2H3,(H2,22,23,27). The predicted molar refractivity (Wildman–Crippen MR) is 119 cm³/mol. The Labute approximate surface area is 175 Å². The number of hydrogen-bond acceptors (Lipinski definition) is 4. The Kier molecular flexibility index (Phi) is 8.78. The summed E-state index contributed by atoms with van der Waals surface area (Å²) in [5.74, 6) is 2.40. The van der Waals surface area contributed by atoms with Gasteiger partial charge in [-0.1, -0.05) is 0 Å². The minimum absolute atomic E-state index is 0.480. The first kappa shape index (κ1) is 21.4. The molecular formula is C19H23Cl2N3O2S. The second-order valence-corrected chi connectivity index (χ2v) is 6.72. The first-order valence-electron chi connectivity index (χ1n) is 8.38. The van der Waals surface area contributed by atoms with Crippen LogP contribution in [0.2, 0.25) is 0 Å². The minimum atomic E-state index is 0.480. The van der Waals surface area contributed by atoms with Crippen LogP contribution in [0.25, 0.3) is 0 Å². The van der Waals surface area contributed by atoms with Crippen molar-refractivity contribution in [2.24, 2.45) is 0 Å². The minimum Gasteiger partial charge on any atom is -0.493 e. The van der Waals surface area contributed by atoms with Crippen molar-refractivity contribution in [2.75, 3.05) is 54.6 Å². The molecule has 0 saturated heterocycles. The van der Waals surface area contributed by atoms with Crippen molar-refractivity contribution in [3.63, 3.8) is 0 Å².